The van der Waals surface area contributed by atoms with Crippen molar-refractivity contribution in [2.75, 3.05) is 57.3 Å². The van der Waals surface area contributed by atoms with Crippen molar-refractivity contribution in [3.8, 4) is 0 Å². The van der Waals surface area contributed by atoms with E-state index in [0.29, 0.717) is 12.1 Å². The minimum absolute atomic E-state index is 0.229. The first kappa shape index (κ1) is 20.0. The molecule has 3 saturated heterocycles. The third-order valence-electron chi connectivity index (χ3n) is 6.86. The van der Waals surface area contributed by atoms with E-state index in [9.17, 15) is 4.79 Å². The number of amides is 1. The van der Waals surface area contributed by atoms with Crippen LogP contribution >= 0.6 is 11.6 Å². The fourth-order valence-corrected chi connectivity index (χ4v) is 5.36. The third kappa shape index (κ3) is 4.64. The summed E-state index contributed by atoms with van der Waals surface area (Å²) in [4.78, 5) is 21.5. The summed E-state index contributed by atoms with van der Waals surface area (Å²) in [7, 11) is 0. The van der Waals surface area contributed by atoms with Crippen LogP contribution in [-0.2, 0) is 4.79 Å². The Bertz CT molecular complexity index is 668. The lowest BCUT2D eigenvalue weighted by atomic mass is 9.96. The van der Waals surface area contributed by atoms with Crippen LogP contribution in [0.1, 0.15) is 32.6 Å². The SMILES string of the molecule is CC(=O)N1CCC(N2CCC[C@@H](N3CCN(c4cccc(Cl)c4)CC3)C2)CC1. The van der Waals surface area contributed by atoms with Gasteiger partial charge in [-0.05, 0) is 50.4 Å². The highest BCUT2D eigenvalue weighted by atomic mass is 35.5. The summed E-state index contributed by atoms with van der Waals surface area (Å²) >= 11 is 6.17. The molecule has 1 aromatic rings. The first-order chi connectivity index (χ1) is 13.6. The number of likely N-dealkylation sites (tertiary alicyclic amines) is 2. The molecule has 0 aliphatic carbocycles. The maximum absolute atomic E-state index is 11.6. The molecule has 0 radical (unpaired) electrons. The molecule has 0 spiro atoms. The van der Waals surface area contributed by atoms with Crippen molar-refractivity contribution < 1.29 is 4.79 Å². The zero-order valence-electron chi connectivity index (χ0n) is 17.0. The molecule has 3 fully saturated rings. The number of benzene rings is 1. The van der Waals surface area contributed by atoms with E-state index in [1.165, 1.54) is 31.6 Å². The highest BCUT2D eigenvalue weighted by Gasteiger charge is 2.32. The van der Waals surface area contributed by atoms with Crippen molar-refractivity contribution in [1.82, 2.24) is 14.7 Å². The Morgan fingerprint density at radius 1 is 0.929 bits per heavy atom. The van der Waals surface area contributed by atoms with Crippen molar-refractivity contribution in [3.63, 3.8) is 0 Å². The average Bonchev–Trinajstić information content (AvgIpc) is 2.74. The molecule has 28 heavy (non-hydrogen) atoms. The molecular weight excluding hydrogens is 372 g/mol. The van der Waals surface area contributed by atoms with Gasteiger partial charge in [0.1, 0.15) is 0 Å². The number of hydrogen-bond acceptors (Lipinski definition) is 4. The number of halogens is 1. The summed E-state index contributed by atoms with van der Waals surface area (Å²) in [6.07, 6.45) is 4.88. The number of piperazine rings is 1. The van der Waals surface area contributed by atoms with Crippen LogP contribution in [-0.4, -0.2) is 85.0 Å². The average molecular weight is 405 g/mol. The predicted molar refractivity (Wildman–Crippen MR) is 115 cm³/mol. The van der Waals surface area contributed by atoms with E-state index < -0.39 is 0 Å². The number of anilines is 1. The Labute approximate surface area is 174 Å². The highest BCUT2D eigenvalue weighted by molar-refractivity contribution is 6.30. The molecule has 0 saturated carbocycles. The van der Waals surface area contributed by atoms with Crippen molar-refractivity contribution in [2.45, 2.75) is 44.7 Å². The van der Waals surface area contributed by atoms with Crippen molar-refractivity contribution in [1.29, 1.82) is 0 Å². The summed E-state index contributed by atoms with van der Waals surface area (Å²) < 4.78 is 0. The fraction of sp³-hybridized carbons (Fsp3) is 0.682. The molecule has 0 unspecified atom stereocenters. The minimum atomic E-state index is 0.229. The lowest BCUT2D eigenvalue weighted by molar-refractivity contribution is -0.130. The van der Waals surface area contributed by atoms with Crippen molar-refractivity contribution in [3.05, 3.63) is 29.3 Å². The van der Waals surface area contributed by atoms with E-state index in [4.69, 9.17) is 11.6 Å². The maximum Gasteiger partial charge on any atom is 0.219 e. The molecule has 1 atom stereocenters. The van der Waals surface area contributed by atoms with Gasteiger partial charge in [-0.1, -0.05) is 17.7 Å². The van der Waals surface area contributed by atoms with Gasteiger partial charge >= 0.3 is 0 Å². The summed E-state index contributed by atoms with van der Waals surface area (Å²) in [6, 6.07) is 9.57. The predicted octanol–water partition coefficient (Wildman–Crippen LogP) is 2.94. The van der Waals surface area contributed by atoms with E-state index in [2.05, 4.69) is 26.8 Å². The number of hydrogen-bond donors (Lipinski definition) is 0. The Morgan fingerprint density at radius 3 is 2.36 bits per heavy atom. The molecule has 1 amide bonds. The molecule has 3 aliphatic heterocycles. The number of rotatable bonds is 3. The number of carbonyl (C=O) groups excluding carboxylic acids is 1. The standard InChI is InChI=1S/C22H33ClN4O/c1-18(28)24-10-7-20(8-11-24)27-9-3-6-22(17-27)26-14-12-25(13-15-26)21-5-2-4-19(23)16-21/h2,4-5,16,20,22H,3,6-15,17H2,1H3/t22-/m1/s1. The molecular formula is C22H33ClN4O. The monoisotopic (exact) mass is 404 g/mol. The molecule has 3 aliphatic rings. The summed E-state index contributed by atoms with van der Waals surface area (Å²) in [5.74, 6) is 0.229. The molecule has 0 aromatic heterocycles. The highest BCUT2D eigenvalue weighted by Crippen LogP contribution is 2.26. The van der Waals surface area contributed by atoms with E-state index in [0.717, 1.165) is 57.1 Å². The molecule has 1 aromatic carbocycles. The zero-order valence-corrected chi connectivity index (χ0v) is 17.8. The Hall–Kier alpha value is -1.30. The molecule has 4 rings (SSSR count). The second kappa shape index (κ2) is 9.02. The van der Waals surface area contributed by atoms with Crippen molar-refractivity contribution >= 4 is 23.2 Å². The van der Waals surface area contributed by atoms with E-state index in [-0.39, 0.29) is 5.91 Å². The second-order valence-corrected chi connectivity index (χ2v) is 8.97. The molecule has 154 valence electrons. The fourth-order valence-electron chi connectivity index (χ4n) is 5.18. The van der Waals surface area contributed by atoms with Crippen LogP contribution in [0.2, 0.25) is 5.02 Å². The van der Waals surface area contributed by atoms with Gasteiger partial charge in [0.15, 0.2) is 0 Å². The van der Waals surface area contributed by atoms with Crippen molar-refractivity contribution in [2.24, 2.45) is 0 Å². The van der Waals surface area contributed by atoms with Gasteiger partial charge in [-0.25, -0.2) is 0 Å². The van der Waals surface area contributed by atoms with Crippen LogP contribution in [0.4, 0.5) is 5.69 Å². The first-order valence-electron chi connectivity index (χ1n) is 10.8. The van der Waals surface area contributed by atoms with Crippen LogP contribution in [0.3, 0.4) is 0 Å². The van der Waals surface area contributed by atoms with Gasteiger partial charge in [0.25, 0.3) is 0 Å². The van der Waals surface area contributed by atoms with Gasteiger partial charge in [-0.3, -0.25) is 14.6 Å². The third-order valence-corrected chi connectivity index (χ3v) is 7.09. The first-order valence-corrected chi connectivity index (χ1v) is 11.2. The van der Waals surface area contributed by atoms with Gasteiger partial charge in [0.05, 0.1) is 0 Å². The molecule has 0 N–H and O–H groups in total. The Kier molecular flexibility index (Phi) is 6.44. The number of piperidine rings is 2. The number of nitrogens with zero attached hydrogens (tertiary/aromatic N) is 4. The van der Waals surface area contributed by atoms with E-state index in [1.54, 1.807) is 6.92 Å². The quantitative estimate of drug-likeness (QED) is 0.774. The summed E-state index contributed by atoms with van der Waals surface area (Å²) in [6.45, 7) is 10.4. The van der Waals surface area contributed by atoms with Crippen LogP contribution in [0.25, 0.3) is 0 Å². The second-order valence-electron chi connectivity index (χ2n) is 8.53. The minimum Gasteiger partial charge on any atom is -0.369 e. The van der Waals surface area contributed by atoms with Gasteiger partial charge in [-0.15, -0.1) is 0 Å². The van der Waals surface area contributed by atoms with Gasteiger partial charge < -0.3 is 9.80 Å². The van der Waals surface area contributed by atoms with Gasteiger partial charge in [0.2, 0.25) is 5.91 Å². The van der Waals surface area contributed by atoms with Crippen LogP contribution in [0, 0.1) is 0 Å². The van der Waals surface area contributed by atoms with Crippen LogP contribution in [0.15, 0.2) is 24.3 Å². The number of carbonyl (C=O) groups is 1. The summed E-state index contributed by atoms with van der Waals surface area (Å²) in [5, 5.41) is 0.818. The lowest BCUT2D eigenvalue weighted by Gasteiger charge is -2.47. The Balaban J connectivity index is 1.28. The lowest BCUT2D eigenvalue weighted by Crippen LogP contribution is -2.57. The molecule has 3 heterocycles. The van der Waals surface area contributed by atoms with E-state index >= 15 is 0 Å². The molecule has 0 bridgehead atoms. The van der Waals surface area contributed by atoms with Gasteiger partial charge in [0, 0.05) is 75.5 Å². The largest absolute Gasteiger partial charge is 0.369 e. The van der Waals surface area contributed by atoms with Crippen LogP contribution < -0.4 is 4.90 Å². The maximum atomic E-state index is 11.6. The normalized spacial score (nSPS) is 25.9. The molecule has 6 heteroatoms. The molecule has 5 nitrogen and oxygen atoms in total. The Morgan fingerprint density at radius 2 is 1.68 bits per heavy atom. The smallest absolute Gasteiger partial charge is 0.219 e. The topological polar surface area (TPSA) is 30.0 Å². The van der Waals surface area contributed by atoms with Gasteiger partial charge in [-0.2, -0.15) is 0 Å². The van der Waals surface area contributed by atoms with Crippen LogP contribution in [0.5, 0.6) is 0 Å². The van der Waals surface area contributed by atoms with E-state index in [1.807, 2.05) is 17.0 Å². The zero-order chi connectivity index (χ0) is 19.5. The summed E-state index contributed by atoms with van der Waals surface area (Å²) in [5.41, 5.74) is 1.25.